The number of benzene rings is 2. The van der Waals surface area contributed by atoms with Crippen molar-refractivity contribution >= 4 is 29.1 Å². The smallest absolute Gasteiger partial charge is 0.251 e. The van der Waals surface area contributed by atoms with Crippen LogP contribution in [0.5, 0.6) is 0 Å². The van der Waals surface area contributed by atoms with Crippen LogP contribution in [0.25, 0.3) is 0 Å². The van der Waals surface area contributed by atoms with Gasteiger partial charge in [-0.15, -0.1) is 0 Å². The molecule has 7 heteroatoms. The van der Waals surface area contributed by atoms with Gasteiger partial charge in [-0.25, -0.2) is 0 Å². The fourth-order valence-corrected chi connectivity index (χ4v) is 2.60. The van der Waals surface area contributed by atoms with E-state index in [1.54, 1.807) is 30.6 Å². The summed E-state index contributed by atoms with van der Waals surface area (Å²) in [5, 5.41) is 12.0. The molecule has 1 N–H and O–H groups in total. The zero-order valence-electron chi connectivity index (χ0n) is 12.6. The van der Waals surface area contributed by atoms with Crippen molar-refractivity contribution in [3.8, 4) is 0 Å². The van der Waals surface area contributed by atoms with Gasteiger partial charge in [0.1, 0.15) is 0 Å². The molecule has 0 fully saturated rings. The van der Waals surface area contributed by atoms with Gasteiger partial charge in [-0.1, -0.05) is 53.5 Å². The van der Waals surface area contributed by atoms with Gasteiger partial charge < -0.3 is 5.32 Å². The lowest BCUT2D eigenvalue weighted by atomic mass is 10.1. The highest BCUT2D eigenvalue weighted by Crippen LogP contribution is 2.23. The Hall–Kier alpha value is -2.37. The summed E-state index contributed by atoms with van der Waals surface area (Å²) in [6, 6.07) is 14.2. The van der Waals surface area contributed by atoms with Crippen LogP contribution < -0.4 is 5.32 Å². The first-order chi connectivity index (χ1) is 11.6. The average Bonchev–Trinajstić information content (AvgIpc) is 3.10. The summed E-state index contributed by atoms with van der Waals surface area (Å²) >= 11 is 11.9. The first-order valence-electron chi connectivity index (χ1n) is 7.28. The molecule has 24 heavy (non-hydrogen) atoms. The van der Waals surface area contributed by atoms with Crippen LogP contribution >= 0.6 is 23.2 Å². The molecule has 1 heterocycles. The van der Waals surface area contributed by atoms with Crippen molar-refractivity contribution in [2.24, 2.45) is 0 Å². The van der Waals surface area contributed by atoms with E-state index in [2.05, 4.69) is 15.5 Å². The van der Waals surface area contributed by atoms with Gasteiger partial charge in [0.05, 0.1) is 35.0 Å². The molecule has 0 saturated carbocycles. The fraction of sp³-hybridized carbons (Fsp3) is 0.118. The van der Waals surface area contributed by atoms with Crippen molar-refractivity contribution in [3.05, 3.63) is 82.1 Å². The molecule has 0 spiro atoms. The maximum absolute atomic E-state index is 12.6. The molecular formula is C17H14Cl2N4O. The van der Waals surface area contributed by atoms with E-state index in [-0.39, 0.29) is 11.9 Å². The first-order valence-corrected chi connectivity index (χ1v) is 8.04. The zero-order valence-corrected chi connectivity index (χ0v) is 14.1. The molecule has 0 bridgehead atoms. The van der Waals surface area contributed by atoms with Crippen LogP contribution in [-0.4, -0.2) is 20.9 Å². The fourth-order valence-electron chi connectivity index (χ4n) is 2.30. The number of halogens is 2. The predicted octanol–water partition coefficient (Wildman–Crippen LogP) is 3.76. The van der Waals surface area contributed by atoms with E-state index in [0.717, 1.165) is 5.56 Å². The van der Waals surface area contributed by atoms with Crippen LogP contribution in [0.3, 0.4) is 0 Å². The van der Waals surface area contributed by atoms with Gasteiger partial charge in [0.25, 0.3) is 5.91 Å². The van der Waals surface area contributed by atoms with Crippen molar-refractivity contribution in [1.82, 2.24) is 20.3 Å². The van der Waals surface area contributed by atoms with E-state index in [9.17, 15) is 4.79 Å². The monoisotopic (exact) mass is 360 g/mol. The SMILES string of the molecule is O=C(N[C@@H](Cn1nccn1)c1ccccc1)c1ccc(Cl)c(Cl)c1. The summed E-state index contributed by atoms with van der Waals surface area (Å²) in [4.78, 5) is 14.1. The quantitative estimate of drug-likeness (QED) is 0.753. The second-order valence-corrected chi connectivity index (χ2v) is 5.96. The molecule has 3 rings (SSSR count). The second-order valence-electron chi connectivity index (χ2n) is 5.15. The summed E-state index contributed by atoms with van der Waals surface area (Å²) < 4.78 is 0. The van der Waals surface area contributed by atoms with E-state index in [0.29, 0.717) is 22.2 Å². The van der Waals surface area contributed by atoms with Gasteiger partial charge in [0, 0.05) is 5.56 Å². The minimum Gasteiger partial charge on any atom is -0.343 e. The largest absolute Gasteiger partial charge is 0.343 e. The first kappa shape index (κ1) is 16.5. The van der Waals surface area contributed by atoms with Gasteiger partial charge in [-0.05, 0) is 23.8 Å². The number of nitrogens with one attached hydrogen (secondary N) is 1. The van der Waals surface area contributed by atoms with Crippen LogP contribution in [-0.2, 0) is 6.54 Å². The lowest BCUT2D eigenvalue weighted by Gasteiger charge is -2.19. The number of aromatic nitrogens is 3. The Bertz CT molecular complexity index is 822. The number of hydrogen-bond acceptors (Lipinski definition) is 3. The van der Waals surface area contributed by atoms with Gasteiger partial charge in [-0.3, -0.25) is 4.79 Å². The van der Waals surface area contributed by atoms with Gasteiger partial charge >= 0.3 is 0 Å². The van der Waals surface area contributed by atoms with E-state index in [1.807, 2.05) is 30.3 Å². The molecule has 1 atom stereocenters. The van der Waals surface area contributed by atoms with Crippen molar-refractivity contribution in [2.75, 3.05) is 0 Å². The second kappa shape index (κ2) is 7.47. The van der Waals surface area contributed by atoms with Crippen LogP contribution in [0.15, 0.2) is 60.9 Å². The van der Waals surface area contributed by atoms with E-state index < -0.39 is 0 Å². The molecule has 0 aliphatic rings. The molecule has 0 aliphatic carbocycles. The lowest BCUT2D eigenvalue weighted by Crippen LogP contribution is -2.32. The molecule has 1 amide bonds. The number of amides is 1. The molecule has 5 nitrogen and oxygen atoms in total. The highest BCUT2D eigenvalue weighted by Gasteiger charge is 2.17. The van der Waals surface area contributed by atoms with Gasteiger partial charge in [-0.2, -0.15) is 15.0 Å². The number of carbonyl (C=O) groups excluding carboxylic acids is 1. The highest BCUT2D eigenvalue weighted by atomic mass is 35.5. The van der Waals surface area contributed by atoms with Crippen LogP contribution in [0.2, 0.25) is 10.0 Å². The van der Waals surface area contributed by atoms with Crippen molar-refractivity contribution in [1.29, 1.82) is 0 Å². The molecule has 0 saturated heterocycles. The standard InChI is InChI=1S/C17H14Cl2N4O/c18-14-7-6-13(10-15(14)19)17(24)22-16(11-23-20-8-9-21-23)12-4-2-1-3-5-12/h1-10,16H,11H2,(H,22,24)/t16-/m0/s1. The Morgan fingerprint density at radius 3 is 2.42 bits per heavy atom. The van der Waals surface area contributed by atoms with Gasteiger partial charge in [0.15, 0.2) is 0 Å². The maximum atomic E-state index is 12.6. The van der Waals surface area contributed by atoms with E-state index in [1.165, 1.54) is 4.80 Å². The summed E-state index contributed by atoms with van der Waals surface area (Å²) in [7, 11) is 0. The third kappa shape index (κ3) is 3.93. The molecule has 0 radical (unpaired) electrons. The summed E-state index contributed by atoms with van der Waals surface area (Å²) in [5.41, 5.74) is 1.40. The Balaban J connectivity index is 1.83. The third-order valence-corrected chi connectivity index (χ3v) is 4.24. The predicted molar refractivity (Wildman–Crippen MR) is 93.1 cm³/mol. The average molecular weight is 361 g/mol. The number of hydrogen-bond donors (Lipinski definition) is 1. The van der Waals surface area contributed by atoms with Crippen molar-refractivity contribution in [2.45, 2.75) is 12.6 Å². The van der Waals surface area contributed by atoms with E-state index >= 15 is 0 Å². The number of rotatable bonds is 5. The Kier molecular flexibility index (Phi) is 5.13. The Labute approximate surface area is 149 Å². The highest BCUT2D eigenvalue weighted by molar-refractivity contribution is 6.42. The topological polar surface area (TPSA) is 59.8 Å². The molecule has 1 aromatic heterocycles. The molecule has 3 aromatic rings. The summed E-state index contributed by atoms with van der Waals surface area (Å²) in [6.07, 6.45) is 3.20. The Morgan fingerprint density at radius 2 is 1.75 bits per heavy atom. The zero-order chi connectivity index (χ0) is 16.9. The molecule has 0 aliphatic heterocycles. The van der Waals surface area contributed by atoms with Crippen LogP contribution in [0.4, 0.5) is 0 Å². The summed E-state index contributed by atoms with van der Waals surface area (Å²) in [6.45, 7) is 0.421. The maximum Gasteiger partial charge on any atom is 0.251 e. The normalized spacial score (nSPS) is 11.9. The van der Waals surface area contributed by atoms with Crippen LogP contribution in [0.1, 0.15) is 22.0 Å². The minimum atomic E-state index is -0.277. The minimum absolute atomic E-state index is 0.241. The van der Waals surface area contributed by atoms with E-state index in [4.69, 9.17) is 23.2 Å². The molecule has 122 valence electrons. The lowest BCUT2D eigenvalue weighted by molar-refractivity contribution is 0.0931. The van der Waals surface area contributed by atoms with Gasteiger partial charge in [0.2, 0.25) is 0 Å². The Morgan fingerprint density at radius 1 is 1.04 bits per heavy atom. The molecular weight excluding hydrogens is 347 g/mol. The molecule has 0 unspecified atom stereocenters. The van der Waals surface area contributed by atoms with Crippen molar-refractivity contribution < 1.29 is 4.79 Å². The summed E-state index contributed by atoms with van der Waals surface area (Å²) in [5.74, 6) is -0.241. The third-order valence-electron chi connectivity index (χ3n) is 3.50. The van der Waals surface area contributed by atoms with Crippen molar-refractivity contribution in [3.63, 3.8) is 0 Å². The number of nitrogens with zero attached hydrogens (tertiary/aromatic N) is 3. The number of carbonyl (C=O) groups is 1. The molecule has 2 aromatic carbocycles. The van der Waals surface area contributed by atoms with Crippen LogP contribution in [0, 0.1) is 0 Å².